The molecule has 0 aromatic heterocycles. The molecule has 8 heteroatoms. The van der Waals surface area contributed by atoms with Gasteiger partial charge in [-0.2, -0.15) is 13.2 Å². The Kier molecular flexibility index (Phi) is 5.87. The molecule has 1 heterocycles. The van der Waals surface area contributed by atoms with Crippen LogP contribution in [0.2, 0.25) is 0 Å². The van der Waals surface area contributed by atoms with E-state index in [0.29, 0.717) is 5.69 Å². The van der Waals surface area contributed by atoms with Crippen LogP contribution in [0.1, 0.15) is 17.5 Å². The van der Waals surface area contributed by atoms with Crippen molar-refractivity contribution in [1.29, 1.82) is 0 Å². The summed E-state index contributed by atoms with van der Waals surface area (Å²) in [6.07, 6.45) is -4.43. The van der Waals surface area contributed by atoms with Crippen molar-refractivity contribution in [2.24, 2.45) is 5.92 Å². The molecule has 29 heavy (non-hydrogen) atoms. The lowest BCUT2D eigenvalue weighted by atomic mass is 10.1. The molecule has 0 saturated carbocycles. The fourth-order valence-electron chi connectivity index (χ4n) is 2.95. The van der Waals surface area contributed by atoms with Gasteiger partial charge in [0.05, 0.1) is 18.0 Å². The number of alkyl halides is 3. The van der Waals surface area contributed by atoms with Crippen molar-refractivity contribution >= 4 is 17.5 Å². The molecule has 1 aliphatic rings. The summed E-state index contributed by atoms with van der Waals surface area (Å²) < 4.78 is 51.1. The number of amides is 2. The van der Waals surface area contributed by atoms with E-state index in [1.54, 1.807) is 0 Å². The molecule has 1 aliphatic heterocycles. The van der Waals surface area contributed by atoms with E-state index in [2.05, 4.69) is 17.2 Å². The number of nitrogens with one attached hydrogen (secondary N) is 1. The van der Waals surface area contributed by atoms with Crippen LogP contribution in [0.4, 0.5) is 23.2 Å². The van der Waals surface area contributed by atoms with Crippen molar-refractivity contribution in [3.05, 3.63) is 65.5 Å². The minimum absolute atomic E-state index is 0.0181. The van der Waals surface area contributed by atoms with Crippen LogP contribution in [0.15, 0.2) is 48.5 Å². The second kappa shape index (κ2) is 8.35. The highest BCUT2D eigenvalue weighted by atomic mass is 19.4. The zero-order valence-corrected chi connectivity index (χ0v) is 15.1. The third kappa shape index (κ3) is 5.13. The first-order valence-electron chi connectivity index (χ1n) is 8.74. The van der Waals surface area contributed by atoms with Crippen molar-refractivity contribution in [3.63, 3.8) is 0 Å². The Morgan fingerprint density at radius 1 is 1.17 bits per heavy atom. The Morgan fingerprint density at radius 2 is 1.90 bits per heavy atom. The van der Waals surface area contributed by atoms with Gasteiger partial charge < -0.3 is 10.2 Å². The van der Waals surface area contributed by atoms with Gasteiger partial charge in [-0.15, -0.1) is 0 Å². The van der Waals surface area contributed by atoms with E-state index in [4.69, 9.17) is 0 Å². The molecular weight excluding hydrogens is 388 g/mol. The van der Waals surface area contributed by atoms with Gasteiger partial charge in [-0.25, -0.2) is 4.39 Å². The largest absolute Gasteiger partial charge is 0.416 e. The van der Waals surface area contributed by atoms with Crippen molar-refractivity contribution in [3.8, 4) is 11.8 Å². The van der Waals surface area contributed by atoms with Crippen LogP contribution in [-0.4, -0.2) is 24.9 Å². The monoisotopic (exact) mass is 404 g/mol. The topological polar surface area (TPSA) is 49.4 Å². The van der Waals surface area contributed by atoms with Gasteiger partial charge in [0.25, 0.3) is 0 Å². The fourth-order valence-corrected chi connectivity index (χ4v) is 2.95. The summed E-state index contributed by atoms with van der Waals surface area (Å²) in [7, 11) is 0. The Morgan fingerprint density at radius 3 is 2.59 bits per heavy atom. The predicted molar refractivity (Wildman–Crippen MR) is 98.2 cm³/mol. The summed E-state index contributed by atoms with van der Waals surface area (Å²) in [5, 5.41) is 2.57. The molecule has 0 radical (unpaired) electrons. The van der Waals surface area contributed by atoms with E-state index in [-0.39, 0.29) is 36.9 Å². The molecule has 0 spiro atoms. The Hall–Kier alpha value is -3.34. The number of nitrogens with zero attached hydrogens (tertiary/aromatic N) is 1. The Balaban J connectivity index is 1.55. The summed E-state index contributed by atoms with van der Waals surface area (Å²) >= 11 is 0. The maximum Gasteiger partial charge on any atom is 0.416 e. The highest BCUT2D eigenvalue weighted by Crippen LogP contribution is 2.29. The minimum Gasteiger partial charge on any atom is -0.345 e. The number of hydrogen-bond acceptors (Lipinski definition) is 2. The van der Waals surface area contributed by atoms with Gasteiger partial charge >= 0.3 is 6.18 Å². The van der Waals surface area contributed by atoms with E-state index in [1.807, 2.05) is 0 Å². The lowest BCUT2D eigenvalue weighted by Crippen LogP contribution is -2.33. The number of carbonyl (C=O) groups is 2. The van der Waals surface area contributed by atoms with Crippen LogP contribution in [0, 0.1) is 23.6 Å². The first kappa shape index (κ1) is 20.4. The zero-order valence-electron chi connectivity index (χ0n) is 15.1. The van der Waals surface area contributed by atoms with Crippen LogP contribution in [0.25, 0.3) is 0 Å². The SMILES string of the molecule is O=C(NCC#Cc1cccc(C(F)(F)F)c1)C1CC(=O)N(c2ccc(F)cc2)C1. The van der Waals surface area contributed by atoms with Gasteiger partial charge in [0, 0.05) is 24.2 Å². The smallest absolute Gasteiger partial charge is 0.345 e. The maximum absolute atomic E-state index is 13.0. The number of halogens is 4. The Labute approximate surface area is 164 Å². The first-order valence-corrected chi connectivity index (χ1v) is 8.74. The summed E-state index contributed by atoms with van der Waals surface area (Å²) in [6, 6.07) is 10.0. The number of rotatable bonds is 3. The quantitative estimate of drug-likeness (QED) is 0.630. The summed E-state index contributed by atoms with van der Waals surface area (Å²) in [6.45, 7) is 0.105. The van der Waals surface area contributed by atoms with Crippen LogP contribution in [0.3, 0.4) is 0 Å². The van der Waals surface area contributed by atoms with Crippen molar-refractivity contribution < 1.29 is 27.2 Å². The molecule has 0 aliphatic carbocycles. The molecule has 2 amide bonds. The van der Waals surface area contributed by atoms with Crippen molar-refractivity contribution in [1.82, 2.24) is 5.32 Å². The molecule has 4 nitrogen and oxygen atoms in total. The van der Waals surface area contributed by atoms with Crippen LogP contribution in [0.5, 0.6) is 0 Å². The average molecular weight is 404 g/mol. The van der Waals surface area contributed by atoms with Crippen LogP contribution in [-0.2, 0) is 15.8 Å². The Bertz CT molecular complexity index is 975. The van der Waals surface area contributed by atoms with E-state index in [0.717, 1.165) is 12.1 Å². The third-order valence-corrected chi connectivity index (χ3v) is 4.41. The highest BCUT2D eigenvalue weighted by molar-refractivity contribution is 6.00. The number of benzene rings is 2. The van der Waals surface area contributed by atoms with Gasteiger partial charge in [-0.3, -0.25) is 9.59 Å². The molecule has 2 aromatic carbocycles. The summed E-state index contributed by atoms with van der Waals surface area (Å²) in [5.74, 6) is 3.56. The highest BCUT2D eigenvalue weighted by Gasteiger charge is 2.35. The first-order chi connectivity index (χ1) is 13.7. The van der Waals surface area contributed by atoms with Crippen molar-refractivity contribution in [2.45, 2.75) is 12.6 Å². The van der Waals surface area contributed by atoms with Gasteiger partial charge in [-0.1, -0.05) is 17.9 Å². The lowest BCUT2D eigenvalue weighted by molar-refractivity contribution is -0.137. The molecule has 150 valence electrons. The number of anilines is 1. The van der Waals surface area contributed by atoms with Crippen molar-refractivity contribution in [2.75, 3.05) is 18.0 Å². The third-order valence-electron chi connectivity index (χ3n) is 4.41. The summed E-state index contributed by atoms with van der Waals surface area (Å²) in [5.41, 5.74) is -0.0951. The van der Waals surface area contributed by atoms with Gasteiger partial charge in [0.2, 0.25) is 11.8 Å². The van der Waals surface area contributed by atoms with E-state index in [1.165, 1.54) is 41.3 Å². The second-order valence-electron chi connectivity index (χ2n) is 6.48. The molecule has 1 saturated heterocycles. The van der Waals surface area contributed by atoms with Crippen LogP contribution < -0.4 is 10.2 Å². The van der Waals surface area contributed by atoms with E-state index >= 15 is 0 Å². The molecule has 3 rings (SSSR count). The molecule has 1 atom stereocenters. The van der Waals surface area contributed by atoms with E-state index in [9.17, 15) is 27.2 Å². The number of hydrogen-bond donors (Lipinski definition) is 1. The number of carbonyl (C=O) groups excluding carboxylic acids is 2. The van der Waals surface area contributed by atoms with E-state index < -0.39 is 23.5 Å². The second-order valence-corrected chi connectivity index (χ2v) is 6.48. The standard InChI is InChI=1S/C21H16F4N2O2/c22-17-6-8-18(9-7-17)27-13-15(12-19(27)28)20(29)26-10-2-4-14-3-1-5-16(11-14)21(23,24)25/h1,3,5-9,11,15H,10,12-13H2,(H,26,29). The zero-order chi connectivity index (χ0) is 21.0. The van der Waals surface area contributed by atoms with Gasteiger partial charge in [0.1, 0.15) is 5.82 Å². The summed E-state index contributed by atoms with van der Waals surface area (Å²) in [4.78, 5) is 25.8. The average Bonchev–Trinajstić information content (AvgIpc) is 3.07. The van der Waals surface area contributed by atoms with Crippen LogP contribution >= 0.6 is 0 Å². The van der Waals surface area contributed by atoms with Gasteiger partial charge in [0.15, 0.2) is 0 Å². The fraction of sp³-hybridized carbons (Fsp3) is 0.238. The normalized spacial score (nSPS) is 16.3. The lowest BCUT2D eigenvalue weighted by Gasteiger charge is -2.16. The molecule has 0 bridgehead atoms. The maximum atomic E-state index is 13.0. The molecule has 1 N–H and O–H groups in total. The molecule has 1 fully saturated rings. The molecule has 1 unspecified atom stereocenters. The minimum atomic E-state index is -4.45. The molecular formula is C21H16F4N2O2. The molecule has 2 aromatic rings. The van der Waals surface area contributed by atoms with Gasteiger partial charge in [-0.05, 0) is 42.5 Å². The predicted octanol–water partition coefficient (Wildman–Crippen LogP) is 3.37.